The summed E-state index contributed by atoms with van der Waals surface area (Å²) in [7, 11) is 0. The molecule has 3 rings (SSSR count). The molecule has 0 saturated heterocycles. The van der Waals surface area contributed by atoms with E-state index >= 15 is 0 Å². The summed E-state index contributed by atoms with van der Waals surface area (Å²) in [6, 6.07) is 17.3. The van der Waals surface area contributed by atoms with E-state index in [0.29, 0.717) is 17.2 Å². The summed E-state index contributed by atoms with van der Waals surface area (Å²) in [5, 5.41) is 6.32. The molecule has 0 radical (unpaired) electrons. The zero-order chi connectivity index (χ0) is 20.1. The second-order valence-corrected chi connectivity index (χ2v) is 7.53. The Kier molecular flexibility index (Phi) is 5.73. The highest BCUT2D eigenvalue weighted by Gasteiger charge is 2.18. The first-order valence-electron chi connectivity index (χ1n) is 9.46. The zero-order valence-electron chi connectivity index (χ0n) is 16.8. The number of carbonyl (C=O) groups excluding carboxylic acids is 1. The van der Waals surface area contributed by atoms with Crippen molar-refractivity contribution in [3.05, 3.63) is 71.9 Å². The van der Waals surface area contributed by atoms with E-state index in [1.54, 1.807) is 6.20 Å². The lowest BCUT2D eigenvalue weighted by molar-refractivity contribution is 0.0911. The first-order chi connectivity index (χ1) is 13.4. The van der Waals surface area contributed by atoms with Gasteiger partial charge in [0.25, 0.3) is 5.91 Å². The van der Waals surface area contributed by atoms with E-state index in [2.05, 4.69) is 27.5 Å². The number of nitrogens with one attached hydrogen (secondary N) is 2. The van der Waals surface area contributed by atoms with E-state index in [-0.39, 0.29) is 11.4 Å². The number of anilines is 2. The van der Waals surface area contributed by atoms with Gasteiger partial charge in [0.15, 0.2) is 5.82 Å². The standard InChI is InChI=1S/C23H26N4O/c1-5-23(3,4)27-22(28)18-7-6-8-19(15-18)25-20-13-14-24-21(26-20)17-11-9-16(2)10-12-17/h6-15H,5H2,1-4H3,(H,27,28)(H,24,25,26). The number of nitrogens with zero attached hydrogens (tertiary/aromatic N) is 2. The van der Waals surface area contributed by atoms with Gasteiger partial charge < -0.3 is 10.6 Å². The molecule has 28 heavy (non-hydrogen) atoms. The molecule has 2 N–H and O–H groups in total. The van der Waals surface area contributed by atoms with Crippen molar-refractivity contribution < 1.29 is 4.79 Å². The van der Waals surface area contributed by atoms with Crippen LogP contribution in [-0.2, 0) is 0 Å². The highest BCUT2D eigenvalue weighted by molar-refractivity contribution is 5.95. The summed E-state index contributed by atoms with van der Waals surface area (Å²) in [6.45, 7) is 8.13. The molecule has 5 heteroatoms. The minimum atomic E-state index is -0.240. The Labute approximate surface area is 166 Å². The summed E-state index contributed by atoms with van der Waals surface area (Å²) in [5.41, 5.74) is 3.33. The minimum Gasteiger partial charge on any atom is -0.347 e. The molecule has 1 amide bonds. The van der Waals surface area contributed by atoms with Gasteiger partial charge in [0.05, 0.1) is 0 Å². The monoisotopic (exact) mass is 374 g/mol. The molecule has 144 valence electrons. The van der Waals surface area contributed by atoms with E-state index in [4.69, 9.17) is 0 Å². The van der Waals surface area contributed by atoms with Gasteiger partial charge in [-0.1, -0.05) is 42.8 Å². The summed E-state index contributed by atoms with van der Waals surface area (Å²) >= 11 is 0. The number of benzene rings is 2. The van der Waals surface area contributed by atoms with Gasteiger partial charge in [-0.15, -0.1) is 0 Å². The highest BCUT2D eigenvalue weighted by Crippen LogP contribution is 2.20. The largest absolute Gasteiger partial charge is 0.347 e. The third kappa shape index (κ3) is 4.94. The molecule has 0 aliphatic heterocycles. The maximum atomic E-state index is 12.5. The molecule has 0 fully saturated rings. The number of hydrogen-bond acceptors (Lipinski definition) is 4. The topological polar surface area (TPSA) is 66.9 Å². The predicted molar refractivity (Wildman–Crippen MR) is 114 cm³/mol. The third-order valence-electron chi connectivity index (χ3n) is 4.70. The van der Waals surface area contributed by atoms with Crippen LogP contribution in [0.1, 0.15) is 43.1 Å². The summed E-state index contributed by atoms with van der Waals surface area (Å²) < 4.78 is 0. The fraction of sp³-hybridized carbons (Fsp3) is 0.261. The first-order valence-corrected chi connectivity index (χ1v) is 9.46. The second-order valence-electron chi connectivity index (χ2n) is 7.53. The molecule has 0 aliphatic carbocycles. The molecule has 1 aromatic heterocycles. The molecular weight excluding hydrogens is 348 g/mol. The van der Waals surface area contributed by atoms with Crippen LogP contribution in [0.3, 0.4) is 0 Å². The molecule has 0 aliphatic rings. The van der Waals surface area contributed by atoms with Gasteiger partial charge in [0, 0.05) is 28.6 Å². The molecule has 0 unspecified atom stereocenters. The van der Waals surface area contributed by atoms with Gasteiger partial charge in [0.1, 0.15) is 5.82 Å². The van der Waals surface area contributed by atoms with E-state index in [9.17, 15) is 4.79 Å². The van der Waals surface area contributed by atoms with Crippen LogP contribution < -0.4 is 10.6 Å². The third-order valence-corrected chi connectivity index (χ3v) is 4.70. The van der Waals surface area contributed by atoms with Gasteiger partial charge in [-0.25, -0.2) is 9.97 Å². The van der Waals surface area contributed by atoms with E-state index in [1.165, 1.54) is 5.56 Å². The highest BCUT2D eigenvalue weighted by atomic mass is 16.1. The summed E-state index contributed by atoms with van der Waals surface area (Å²) in [5.74, 6) is 1.25. The lowest BCUT2D eigenvalue weighted by Gasteiger charge is -2.24. The molecule has 0 saturated carbocycles. The van der Waals surface area contributed by atoms with Gasteiger partial charge in [-0.05, 0) is 51.5 Å². The van der Waals surface area contributed by atoms with Crippen molar-refractivity contribution in [3.8, 4) is 11.4 Å². The lowest BCUT2D eigenvalue weighted by Crippen LogP contribution is -2.42. The van der Waals surface area contributed by atoms with Crippen LogP contribution >= 0.6 is 0 Å². The Balaban J connectivity index is 1.78. The fourth-order valence-corrected chi connectivity index (χ4v) is 2.62. The molecule has 0 atom stereocenters. The second kappa shape index (κ2) is 8.21. The van der Waals surface area contributed by atoms with Gasteiger partial charge in [0.2, 0.25) is 0 Å². The van der Waals surface area contributed by atoms with Crippen molar-refractivity contribution in [3.63, 3.8) is 0 Å². The van der Waals surface area contributed by atoms with Crippen LogP contribution in [0, 0.1) is 6.92 Å². The molecule has 0 bridgehead atoms. The van der Waals surface area contributed by atoms with Crippen molar-refractivity contribution >= 4 is 17.4 Å². The van der Waals surface area contributed by atoms with Crippen molar-refractivity contribution in [1.29, 1.82) is 0 Å². The maximum absolute atomic E-state index is 12.5. The van der Waals surface area contributed by atoms with Crippen LogP contribution in [0.15, 0.2) is 60.8 Å². The average molecular weight is 374 g/mol. The normalized spacial score (nSPS) is 11.1. The number of rotatable bonds is 6. The molecule has 0 spiro atoms. The van der Waals surface area contributed by atoms with Gasteiger partial charge in [-0.3, -0.25) is 4.79 Å². The molecule has 2 aromatic carbocycles. The van der Waals surface area contributed by atoms with Crippen molar-refractivity contribution in [1.82, 2.24) is 15.3 Å². The van der Waals surface area contributed by atoms with Crippen LogP contribution in [-0.4, -0.2) is 21.4 Å². The average Bonchev–Trinajstić information content (AvgIpc) is 2.69. The molecule has 1 heterocycles. The Morgan fingerprint density at radius 1 is 1.07 bits per heavy atom. The summed E-state index contributed by atoms with van der Waals surface area (Å²) in [6.07, 6.45) is 2.59. The number of aromatic nitrogens is 2. The van der Waals surface area contributed by atoms with Gasteiger partial charge in [-0.2, -0.15) is 0 Å². The molecule has 5 nitrogen and oxygen atoms in total. The minimum absolute atomic E-state index is 0.0847. The Morgan fingerprint density at radius 2 is 1.82 bits per heavy atom. The number of amides is 1. The smallest absolute Gasteiger partial charge is 0.251 e. The molecule has 3 aromatic rings. The zero-order valence-corrected chi connectivity index (χ0v) is 16.8. The summed E-state index contributed by atoms with van der Waals surface area (Å²) in [4.78, 5) is 21.5. The first kappa shape index (κ1) is 19.5. The van der Waals surface area contributed by atoms with Crippen molar-refractivity contribution in [2.24, 2.45) is 0 Å². The van der Waals surface area contributed by atoms with Crippen LogP contribution in [0.25, 0.3) is 11.4 Å². The van der Waals surface area contributed by atoms with Crippen LogP contribution in [0.2, 0.25) is 0 Å². The van der Waals surface area contributed by atoms with Gasteiger partial charge >= 0.3 is 0 Å². The number of aryl methyl sites for hydroxylation is 1. The maximum Gasteiger partial charge on any atom is 0.251 e. The van der Waals surface area contributed by atoms with E-state index < -0.39 is 0 Å². The Bertz CT molecular complexity index is 964. The van der Waals surface area contributed by atoms with Crippen LogP contribution in [0.5, 0.6) is 0 Å². The van der Waals surface area contributed by atoms with Crippen LogP contribution in [0.4, 0.5) is 11.5 Å². The fourth-order valence-electron chi connectivity index (χ4n) is 2.62. The van der Waals surface area contributed by atoms with E-state index in [0.717, 1.165) is 17.7 Å². The Morgan fingerprint density at radius 3 is 2.54 bits per heavy atom. The Hall–Kier alpha value is -3.21. The molecular formula is C23H26N4O. The van der Waals surface area contributed by atoms with E-state index in [1.807, 2.05) is 75.4 Å². The lowest BCUT2D eigenvalue weighted by atomic mass is 10.0. The predicted octanol–water partition coefficient (Wildman–Crippen LogP) is 5.11. The SMILES string of the molecule is CCC(C)(C)NC(=O)c1cccc(Nc2ccnc(-c3ccc(C)cc3)n2)c1. The number of hydrogen-bond donors (Lipinski definition) is 2. The number of carbonyl (C=O) groups is 1. The van der Waals surface area contributed by atoms with Crippen molar-refractivity contribution in [2.75, 3.05) is 5.32 Å². The quantitative estimate of drug-likeness (QED) is 0.629. The van der Waals surface area contributed by atoms with Crippen molar-refractivity contribution in [2.45, 2.75) is 39.7 Å².